The van der Waals surface area contributed by atoms with Gasteiger partial charge < -0.3 is 4.90 Å². The number of hydrogen-bond acceptors (Lipinski definition) is 5. The van der Waals surface area contributed by atoms with Crippen LogP contribution in [0.25, 0.3) is 0 Å². The monoisotopic (exact) mass is 492 g/mol. The number of likely N-dealkylation sites (tertiary alicyclic amines) is 1. The van der Waals surface area contributed by atoms with Crippen LogP contribution in [0.2, 0.25) is 0 Å². The van der Waals surface area contributed by atoms with Crippen molar-refractivity contribution in [3.05, 3.63) is 94.1 Å². The average Bonchev–Trinajstić information content (AvgIpc) is 3.41. The molecule has 5 rings (SSSR count). The highest BCUT2D eigenvalue weighted by Gasteiger charge is 2.40. The Kier molecular flexibility index (Phi) is 6.47. The summed E-state index contributed by atoms with van der Waals surface area (Å²) in [7, 11) is 1.89. The third-order valence-corrected chi connectivity index (χ3v) is 7.04. The molecule has 0 bridgehead atoms. The lowest BCUT2D eigenvalue weighted by Crippen LogP contribution is -2.20. The maximum Gasteiger partial charge on any atom is 0.416 e. The SMILES string of the molecule is Cc1cc(C2=NCc3cc(CC(=O)CC4CN(C)C[C@@H]4c4ccccc4C(F)(F)F)ncc32)ccn1. The van der Waals surface area contributed by atoms with Crippen LogP contribution in [0.4, 0.5) is 13.2 Å². The molecular formula is C28H27F3N4O. The number of rotatable bonds is 6. The van der Waals surface area contributed by atoms with Crippen molar-refractivity contribution in [2.45, 2.75) is 38.4 Å². The number of ketones is 1. The lowest BCUT2D eigenvalue weighted by molar-refractivity contribution is -0.138. The van der Waals surface area contributed by atoms with E-state index in [1.807, 2.05) is 37.1 Å². The van der Waals surface area contributed by atoms with Crippen LogP contribution >= 0.6 is 0 Å². The first kappa shape index (κ1) is 24.3. The van der Waals surface area contributed by atoms with E-state index in [1.165, 1.54) is 6.07 Å². The Bertz CT molecular complexity index is 1330. The molecule has 5 nitrogen and oxygen atoms in total. The summed E-state index contributed by atoms with van der Waals surface area (Å²) in [5.41, 5.74) is 5.09. The molecule has 0 amide bonds. The van der Waals surface area contributed by atoms with Gasteiger partial charge in [0.1, 0.15) is 5.78 Å². The van der Waals surface area contributed by atoms with Crippen molar-refractivity contribution in [3.63, 3.8) is 0 Å². The van der Waals surface area contributed by atoms with Gasteiger partial charge in [0.25, 0.3) is 0 Å². The van der Waals surface area contributed by atoms with Crippen LogP contribution in [0.1, 0.15) is 51.5 Å². The Morgan fingerprint density at radius 1 is 1.11 bits per heavy atom. The average molecular weight is 493 g/mol. The Hall–Kier alpha value is -3.39. The first-order chi connectivity index (χ1) is 17.2. The molecule has 4 heterocycles. The second kappa shape index (κ2) is 9.58. The highest BCUT2D eigenvalue weighted by atomic mass is 19.4. The minimum atomic E-state index is -4.42. The van der Waals surface area contributed by atoms with Crippen LogP contribution < -0.4 is 0 Å². The van der Waals surface area contributed by atoms with Gasteiger partial charge in [-0.3, -0.25) is 19.8 Å². The minimum absolute atomic E-state index is 0.0128. The zero-order valence-corrected chi connectivity index (χ0v) is 20.2. The van der Waals surface area contributed by atoms with Crippen LogP contribution in [-0.2, 0) is 23.9 Å². The number of carbonyl (C=O) groups excluding carboxylic acids is 1. The maximum absolute atomic E-state index is 13.6. The molecule has 186 valence electrons. The predicted molar refractivity (Wildman–Crippen MR) is 131 cm³/mol. The van der Waals surface area contributed by atoms with Gasteiger partial charge in [-0.15, -0.1) is 0 Å². The zero-order valence-electron chi connectivity index (χ0n) is 20.2. The molecule has 1 unspecified atom stereocenters. The number of benzene rings is 1. The van der Waals surface area contributed by atoms with Crippen molar-refractivity contribution >= 4 is 11.5 Å². The third-order valence-electron chi connectivity index (χ3n) is 7.04. The summed E-state index contributed by atoms with van der Waals surface area (Å²) in [6.07, 6.45) is -0.517. The van der Waals surface area contributed by atoms with E-state index in [9.17, 15) is 18.0 Å². The molecule has 1 aromatic carbocycles. The first-order valence-corrected chi connectivity index (χ1v) is 12.0. The number of aryl methyl sites for hydroxylation is 1. The molecule has 2 atom stereocenters. The second-order valence-electron chi connectivity index (χ2n) is 9.78. The van der Waals surface area contributed by atoms with E-state index < -0.39 is 11.7 Å². The molecular weight excluding hydrogens is 465 g/mol. The number of nitrogens with zero attached hydrogens (tertiary/aromatic N) is 4. The van der Waals surface area contributed by atoms with Crippen molar-refractivity contribution in [1.82, 2.24) is 14.9 Å². The Morgan fingerprint density at radius 2 is 1.92 bits per heavy atom. The first-order valence-electron chi connectivity index (χ1n) is 12.0. The maximum atomic E-state index is 13.6. The van der Waals surface area contributed by atoms with Crippen molar-refractivity contribution in [2.75, 3.05) is 20.1 Å². The summed E-state index contributed by atoms with van der Waals surface area (Å²) in [6.45, 7) is 3.54. The van der Waals surface area contributed by atoms with Crippen LogP contribution in [-0.4, -0.2) is 46.5 Å². The van der Waals surface area contributed by atoms with E-state index in [1.54, 1.807) is 24.5 Å². The summed E-state index contributed by atoms with van der Waals surface area (Å²) in [5.74, 6) is -0.532. The van der Waals surface area contributed by atoms with E-state index in [-0.39, 0.29) is 36.0 Å². The van der Waals surface area contributed by atoms with Crippen molar-refractivity contribution in [1.29, 1.82) is 0 Å². The number of aliphatic imine (C=N–C) groups is 1. The van der Waals surface area contributed by atoms with Gasteiger partial charge in [-0.2, -0.15) is 13.2 Å². The molecule has 1 fully saturated rings. The second-order valence-corrected chi connectivity index (χ2v) is 9.78. The van der Waals surface area contributed by atoms with Gasteiger partial charge in [-0.25, -0.2) is 0 Å². The number of fused-ring (bicyclic) bond motifs is 1. The van der Waals surface area contributed by atoms with Gasteiger partial charge in [-0.1, -0.05) is 18.2 Å². The molecule has 0 N–H and O–H groups in total. The third kappa shape index (κ3) is 4.95. The summed E-state index contributed by atoms with van der Waals surface area (Å²) >= 11 is 0. The van der Waals surface area contributed by atoms with Gasteiger partial charge in [0.15, 0.2) is 0 Å². The van der Waals surface area contributed by atoms with Crippen LogP contribution in [0, 0.1) is 12.8 Å². The molecule has 1 saturated heterocycles. The number of pyridine rings is 2. The van der Waals surface area contributed by atoms with Crippen LogP contribution in [0.5, 0.6) is 0 Å². The fourth-order valence-corrected chi connectivity index (χ4v) is 5.47. The highest BCUT2D eigenvalue weighted by Crippen LogP contribution is 2.41. The molecule has 2 aromatic heterocycles. The normalized spacial score (nSPS) is 19.9. The summed E-state index contributed by atoms with van der Waals surface area (Å²) < 4.78 is 40.9. The van der Waals surface area contributed by atoms with Gasteiger partial charge in [0, 0.05) is 66.8 Å². The quantitative estimate of drug-likeness (QED) is 0.486. The highest BCUT2D eigenvalue weighted by molar-refractivity contribution is 6.15. The van der Waals surface area contributed by atoms with Gasteiger partial charge in [0.05, 0.1) is 17.8 Å². The predicted octanol–water partition coefficient (Wildman–Crippen LogP) is 5.00. The minimum Gasteiger partial charge on any atom is -0.305 e. The molecule has 0 aliphatic carbocycles. The molecule has 0 saturated carbocycles. The molecule has 0 radical (unpaired) electrons. The van der Waals surface area contributed by atoms with E-state index in [2.05, 4.69) is 15.0 Å². The van der Waals surface area contributed by atoms with E-state index in [0.29, 0.717) is 25.3 Å². The largest absolute Gasteiger partial charge is 0.416 e. The summed E-state index contributed by atoms with van der Waals surface area (Å²) in [5, 5.41) is 0. The Morgan fingerprint density at radius 3 is 2.69 bits per heavy atom. The fourth-order valence-electron chi connectivity index (χ4n) is 5.47. The van der Waals surface area contributed by atoms with Gasteiger partial charge in [0.2, 0.25) is 0 Å². The number of halogens is 3. The van der Waals surface area contributed by atoms with Crippen molar-refractivity contribution in [3.8, 4) is 0 Å². The molecule has 2 aliphatic heterocycles. The standard InChI is InChI=1S/C28H27F3N4O/c1-17-9-18(7-8-32-17)27-24-14-33-21(10-19(24)13-34-27)12-22(36)11-20-15-35(2)16-25(20)23-5-3-4-6-26(23)28(29,30)31/h3-10,14,20,25H,11-13,15-16H2,1-2H3/t20?,25-/m0/s1. The van der Waals surface area contributed by atoms with Gasteiger partial charge >= 0.3 is 6.18 Å². The van der Waals surface area contributed by atoms with Gasteiger partial charge in [-0.05, 0) is 55.3 Å². The number of aromatic nitrogens is 2. The number of Topliss-reactive ketones (excluding diaryl/α,β-unsaturated/α-hetero) is 1. The fraction of sp³-hybridized carbons (Fsp3) is 0.357. The zero-order chi connectivity index (χ0) is 25.4. The summed E-state index contributed by atoms with van der Waals surface area (Å²) in [6, 6.07) is 11.6. The Balaban J connectivity index is 1.30. The molecule has 3 aromatic rings. The van der Waals surface area contributed by atoms with Crippen LogP contribution in [0.3, 0.4) is 0 Å². The molecule has 8 heteroatoms. The topological polar surface area (TPSA) is 58.5 Å². The number of alkyl halides is 3. The van der Waals surface area contributed by atoms with E-state index in [4.69, 9.17) is 0 Å². The van der Waals surface area contributed by atoms with Crippen molar-refractivity contribution < 1.29 is 18.0 Å². The van der Waals surface area contributed by atoms with E-state index in [0.717, 1.165) is 34.2 Å². The lowest BCUT2D eigenvalue weighted by Gasteiger charge is -2.22. The molecule has 0 spiro atoms. The number of hydrogen-bond donors (Lipinski definition) is 0. The lowest BCUT2D eigenvalue weighted by atomic mass is 9.83. The Labute approximate surface area is 208 Å². The smallest absolute Gasteiger partial charge is 0.305 e. The summed E-state index contributed by atoms with van der Waals surface area (Å²) in [4.78, 5) is 28.5. The van der Waals surface area contributed by atoms with E-state index >= 15 is 0 Å². The number of likely N-dealkylation sites (N-methyl/N-ethyl adjacent to an activating group) is 1. The molecule has 2 aliphatic rings. The van der Waals surface area contributed by atoms with Crippen LogP contribution in [0.15, 0.2) is 59.9 Å². The number of carbonyl (C=O) groups is 1. The van der Waals surface area contributed by atoms with Crippen molar-refractivity contribution in [2.24, 2.45) is 10.9 Å². The molecule has 36 heavy (non-hydrogen) atoms.